The minimum absolute atomic E-state index is 0.00903. The van der Waals surface area contributed by atoms with E-state index in [2.05, 4.69) is 46.3 Å². The van der Waals surface area contributed by atoms with Crippen LogP contribution in [0.1, 0.15) is 54.4 Å². The first-order chi connectivity index (χ1) is 52.8. The highest BCUT2D eigenvalue weighted by Gasteiger charge is 2.55. The Morgan fingerprint density at radius 2 is 0.491 bits per heavy atom. The molecule has 48 nitrogen and oxygen atoms in total. The van der Waals surface area contributed by atoms with Gasteiger partial charge in [0.1, 0.15) is 122 Å². The lowest BCUT2D eigenvalue weighted by molar-refractivity contribution is -0.367. The van der Waals surface area contributed by atoms with Crippen LogP contribution in [0.25, 0.3) is 0 Å². The number of carbonyl (C=O) groups excluding carboxylic acids is 4. The zero-order valence-electron chi connectivity index (χ0n) is 63.2. The molecule has 30 N–H and O–H groups in total. The van der Waals surface area contributed by atoms with Gasteiger partial charge in [-0.05, 0) is 23.7 Å². The van der Waals surface area contributed by atoms with Crippen LogP contribution in [0.4, 0.5) is 19.2 Å². The minimum Gasteiger partial charge on any atom is -0.441 e. The molecule has 6 rings (SSSR count). The SMILES string of the molecule is CC(C)(C)CCOCCO[C@H]1O[C@@H](CO)[C@@H](O)[C@H](O)[C@@H]1O[C@H]1O[C@H](CO)[C@@H](O)[C@H](OC(N)=O)[C@@H]1O.CC(C)(C)CCOCCO[C@H]1O[C@H](CO)[C@@H](O)[C@H](OC(N)=O)[C@@H]1O.NCCOCCO[C@H]1O[C@@H](CO)[C@@H](O)[C@H](O)[C@@H]1O[C@H]1O[C@H](CO)[C@@H](O)[C@H](OC(N)=O)[C@@H]1O.NCCOCCO[C@H]1O[C@H](CO)[C@@H](O)[C@H](OC(N)=O)[C@@H]1O. The monoisotopic (exact) mass is 1650 g/mol. The predicted octanol–water partition coefficient (Wildman–Crippen LogP) is -11.9. The third-order valence-electron chi connectivity index (χ3n) is 17.1. The Morgan fingerprint density at radius 1 is 0.277 bits per heavy atom. The third kappa shape index (κ3) is 33.6. The molecule has 6 aliphatic rings. The molecule has 0 unspecified atom stereocenters. The molecule has 0 aromatic heterocycles. The molecule has 0 aromatic rings. The zero-order valence-corrected chi connectivity index (χ0v) is 63.2. The summed E-state index contributed by atoms with van der Waals surface area (Å²) in [4.78, 5) is 44.0. The van der Waals surface area contributed by atoms with Crippen molar-refractivity contribution >= 4 is 24.4 Å². The van der Waals surface area contributed by atoms with E-state index < -0.39 is 248 Å². The highest BCUT2D eigenvalue weighted by Crippen LogP contribution is 2.34. The normalized spacial score (nSPS) is 36.3. The lowest BCUT2D eigenvalue weighted by Crippen LogP contribution is -2.65. The maximum absolute atomic E-state index is 11.2. The van der Waals surface area contributed by atoms with Crippen molar-refractivity contribution < 1.29 is 206 Å². The van der Waals surface area contributed by atoms with Crippen molar-refractivity contribution in [3.63, 3.8) is 0 Å². The number of amides is 4. The van der Waals surface area contributed by atoms with Gasteiger partial charge in [-0.15, -0.1) is 0 Å². The summed E-state index contributed by atoms with van der Waals surface area (Å²) in [6.07, 6.45) is -46.7. The van der Waals surface area contributed by atoms with Crippen LogP contribution in [0.15, 0.2) is 0 Å². The van der Waals surface area contributed by atoms with Crippen LogP contribution in [0, 0.1) is 10.8 Å². The number of ether oxygens (including phenoxy) is 20. The van der Waals surface area contributed by atoms with Gasteiger partial charge in [0.15, 0.2) is 62.2 Å². The Hall–Kier alpha value is -4.36. The smallest absolute Gasteiger partial charge is 0.404 e. The number of primary amides is 4. The Balaban J connectivity index is 0.000000394. The number of aliphatic hydroxyl groups excluding tert-OH is 18. The molecule has 0 aromatic carbocycles. The summed E-state index contributed by atoms with van der Waals surface area (Å²) in [5.74, 6) is 0. The lowest BCUT2D eigenvalue weighted by Gasteiger charge is -2.46. The molecule has 6 aliphatic heterocycles. The van der Waals surface area contributed by atoms with E-state index in [1.807, 2.05) is 0 Å². The number of hydrogen-bond donors (Lipinski definition) is 24. The number of rotatable bonds is 38. The van der Waals surface area contributed by atoms with Gasteiger partial charge in [0.05, 0.1) is 106 Å². The van der Waals surface area contributed by atoms with Crippen LogP contribution in [0.5, 0.6) is 0 Å². The third-order valence-corrected chi connectivity index (χ3v) is 17.1. The van der Waals surface area contributed by atoms with E-state index in [9.17, 15) is 106 Å². The van der Waals surface area contributed by atoms with Crippen molar-refractivity contribution in [2.45, 2.75) is 239 Å². The van der Waals surface area contributed by atoms with E-state index in [1.165, 1.54) is 0 Å². The molecular formula is C64H122N6O42. The molecule has 6 saturated heterocycles. The molecule has 112 heavy (non-hydrogen) atoms. The second kappa shape index (κ2) is 51.8. The number of hydrogen-bond acceptors (Lipinski definition) is 44. The molecule has 6 heterocycles. The van der Waals surface area contributed by atoms with Crippen LogP contribution in [-0.4, -0.2) is 433 Å². The fourth-order valence-electron chi connectivity index (χ4n) is 11.0. The second-order valence-corrected chi connectivity index (χ2v) is 28.2. The first kappa shape index (κ1) is 102. The zero-order chi connectivity index (χ0) is 84.3. The molecule has 0 bridgehead atoms. The van der Waals surface area contributed by atoms with Crippen molar-refractivity contribution in [3.05, 3.63) is 0 Å². The van der Waals surface area contributed by atoms with Crippen LogP contribution < -0.4 is 34.4 Å². The Morgan fingerprint density at radius 3 is 0.723 bits per heavy atom. The van der Waals surface area contributed by atoms with Gasteiger partial charge in [0.25, 0.3) is 0 Å². The van der Waals surface area contributed by atoms with Crippen molar-refractivity contribution in [1.82, 2.24) is 0 Å². The van der Waals surface area contributed by atoms with Crippen molar-refractivity contribution in [2.24, 2.45) is 45.2 Å². The average Bonchev–Trinajstić information content (AvgIpc) is 0.792. The lowest BCUT2D eigenvalue weighted by atomic mass is 9.93. The van der Waals surface area contributed by atoms with Crippen LogP contribution in [-0.2, 0) is 94.7 Å². The van der Waals surface area contributed by atoms with Gasteiger partial charge in [-0.25, -0.2) is 19.2 Å². The van der Waals surface area contributed by atoms with Gasteiger partial charge < -0.3 is 221 Å². The van der Waals surface area contributed by atoms with E-state index in [0.717, 1.165) is 12.8 Å². The van der Waals surface area contributed by atoms with Gasteiger partial charge in [0, 0.05) is 26.3 Å². The first-order valence-corrected chi connectivity index (χ1v) is 35.9. The molecule has 48 heteroatoms. The Kier molecular flexibility index (Phi) is 47.1. The quantitative estimate of drug-likeness (QED) is 0.0202. The average molecular weight is 1650 g/mol. The van der Waals surface area contributed by atoms with Gasteiger partial charge >= 0.3 is 24.4 Å². The van der Waals surface area contributed by atoms with Crippen LogP contribution in [0.3, 0.4) is 0 Å². The molecule has 4 amide bonds. The molecule has 0 spiro atoms. The van der Waals surface area contributed by atoms with E-state index in [4.69, 9.17) is 130 Å². The largest absolute Gasteiger partial charge is 0.441 e. The minimum atomic E-state index is -1.80. The molecular weight excluding hydrogens is 1520 g/mol. The standard InChI is InChI=1S/C21H39NO13.C17H32N2O13.C15H29NO8.C11H22N2O8/c1-21(2,3)4-5-30-6-7-31-19-17(14(27)12(25)10(8-23)33-19)34-18-15(28)16(35-20(22)29)13(26)11(9-24)32-18;18-1-2-27-3-4-28-16-14(11(24)9(22)7(5-20)30-16)31-15-12(25)13(32-17(19)26)10(23)8(6-21)29-15;1-15(2,3)4-5-21-6-7-22-13-11(19)12(24-14(16)20)10(18)9(8-17)23-13;12-1-2-18-3-4-19-10-8(16)9(21-11(13)17)7(15)6(5-14)20-10/h10-19,23-28H,4-9H2,1-3H3,(H2,22,29);7-16,20-25H,1-6,18H2,(H2,19,26);9-13,17-19H,4-8H2,1-3H3,(H2,16,20);6-10,14-16H,1-5,12H2,(H2,13,17)/t10-,11+,12+,13+,14-,15-,16-,17-,18+,19-;7-,8+,9+,10+,11-,12-,13-,14-,15+,16-;9-,10-,11+,12+,13+;6-,7-,8+,9+,10+/m0011/s1. The molecule has 6 fully saturated rings. The van der Waals surface area contributed by atoms with E-state index in [-0.39, 0.29) is 70.3 Å². The fourth-order valence-corrected chi connectivity index (χ4v) is 11.0. The molecule has 660 valence electrons. The fraction of sp³-hybridized carbons (Fsp3) is 0.938. The maximum atomic E-state index is 11.2. The van der Waals surface area contributed by atoms with Crippen LogP contribution >= 0.6 is 0 Å². The van der Waals surface area contributed by atoms with Gasteiger partial charge in [-0.3, -0.25) is 0 Å². The maximum Gasteiger partial charge on any atom is 0.404 e. The van der Waals surface area contributed by atoms with E-state index in [1.54, 1.807) is 0 Å². The highest BCUT2D eigenvalue weighted by molar-refractivity contribution is 5.66. The predicted molar refractivity (Wildman–Crippen MR) is 367 cm³/mol. The van der Waals surface area contributed by atoms with Gasteiger partial charge in [-0.1, -0.05) is 41.5 Å². The number of nitrogens with two attached hydrogens (primary N) is 6. The second-order valence-electron chi connectivity index (χ2n) is 28.2. The molecule has 0 radical (unpaired) electrons. The van der Waals surface area contributed by atoms with Crippen molar-refractivity contribution in [1.29, 1.82) is 0 Å². The summed E-state index contributed by atoms with van der Waals surface area (Å²) >= 11 is 0. The highest BCUT2D eigenvalue weighted by atomic mass is 16.8. The van der Waals surface area contributed by atoms with Gasteiger partial charge in [0.2, 0.25) is 0 Å². The van der Waals surface area contributed by atoms with Gasteiger partial charge in [-0.2, -0.15) is 0 Å². The topological polar surface area (TPSA) is 773 Å². The van der Waals surface area contributed by atoms with E-state index in [0.29, 0.717) is 32.9 Å². The summed E-state index contributed by atoms with van der Waals surface area (Å²) in [6.45, 7) is 12.1. The van der Waals surface area contributed by atoms with Crippen molar-refractivity contribution in [2.75, 3.05) is 132 Å². The summed E-state index contributed by atoms with van der Waals surface area (Å²) in [5.41, 5.74) is 30.6. The summed E-state index contributed by atoms with van der Waals surface area (Å²) in [5, 5.41) is 179. The molecule has 0 saturated carbocycles. The number of aliphatic hydroxyl groups is 18. The number of carbonyl (C=O) groups is 4. The summed E-state index contributed by atoms with van der Waals surface area (Å²) < 4.78 is 105. The first-order valence-electron chi connectivity index (χ1n) is 35.9. The molecule has 0 aliphatic carbocycles. The summed E-state index contributed by atoms with van der Waals surface area (Å²) in [7, 11) is 0. The Labute approximate surface area is 644 Å². The Bertz CT molecular complexity index is 2590. The summed E-state index contributed by atoms with van der Waals surface area (Å²) in [6, 6.07) is 0. The van der Waals surface area contributed by atoms with Crippen molar-refractivity contribution in [3.8, 4) is 0 Å². The van der Waals surface area contributed by atoms with Crippen LogP contribution in [0.2, 0.25) is 0 Å². The van der Waals surface area contributed by atoms with E-state index >= 15 is 0 Å². The molecule has 30 atom stereocenters.